The van der Waals surface area contributed by atoms with E-state index in [2.05, 4.69) is 27.5 Å². The molecule has 0 radical (unpaired) electrons. The van der Waals surface area contributed by atoms with Gasteiger partial charge in [0.1, 0.15) is 0 Å². The van der Waals surface area contributed by atoms with Gasteiger partial charge in [-0.2, -0.15) is 5.21 Å². The molecule has 0 aliphatic heterocycles. The number of esters is 1. The van der Waals surface area contributed by atoms with Crippen LogP contribution in [-0.4, -0.2) is 49.5 Å². The third-order valence-corrected chi connectivity index (χ3v) is 6.41. The fourth-order valence-corrected chi connectivity index (χ4v) is 4.71. The Hall–Kier alpha value is -3.98. The van der Waals surface area contributed by atoms with Gasteiger partial charge in [0.15, 0.2) is 5.16 Å². The van der Waals surface area contributed by atoms with Crippen LogP contribution in [-0.2, 0) is 11.2 Å². The number of aromatic amines is 1. The summed E-state index contributed by atoms with van der Waals surface area (Å²) in [4.78, 5) is 17.5. The normalized spacial score (nSPS) is 11.1. The molecule has 0 aliphatic carbocycles. The maximum atomic E-state index is 12.6. The maximum Gasteiger partial charge on any atom is 0.340 e. The van der Waals surface area contributed by atoms with E-state index in [9.17, 15) is 4.79 Å². The van der Waals surface area contributed by atoms with Gasteiger partial charge in [-0.25, -0.2) is 9.78 Å². The van der Waals surface area contributed by atoms with E-state index in [-0.39, 0.29) is 5.97 Å². The van der Waals surface area contributed by atoms with E-state index in [1.54, 1.807) is 0 Å². The molecule has 8 nitrogen and oxygen atoms in total. The molecule has 34 heavy (non-hydrogen) atoms. The molecule has 0 aliphatic rings. The first-order chi connectivity index (χ1) is 16.7. The van der Waals surface area contributed by atoms with Crippen molar-refractivity contribution in [2.45, 2.75) is 18.5 Å². The highest BCUT2D eigenvalue weighted by atomic mass is 32.2. The van der Waals surface area contributed by atoms with E-state index in [4.69, 9.17) is 9.72 Å². The fraction of sp³-hybridized carbons (Fsp3) is 0.160. The molecule has 2 heterocycles. The quantitative estimate of drug-likeness (QED) is 0.277. The number of hydrogen-bond donors (Lipinski definition) is 1. The lowest BCUT2D eigenvalue weighted by Gasteiger charge is -2.12. The van der Waals surface area contributed by atoms with Crippen LogP contribution in [0.5, 0.6) is 0 Å². The second-order valence-electron chi connectivity index (χ2n) is 7.58. The number of ether oxygens (including phenoxy) is 1. The third kappa shape index (κ3) is 3.63. The van der Waals surface area contributed by atoms with Gasteiger partial charge in [0, 0.05) is 11.3 Å². The standard InChI is InChI=1S/C25H22N6O2S/c1-4-15-11-14-20(24(32)33-2)22-21(15)26-25(34-3)31(22)17-12-9-16(10-13-17)18-7-5-6-8-19(18)23-27-29-30-28-23/h5-14H,4H2,1-3H3,(H,27,28,29,30). The van der Waals surface area contributed by atoms with Gasteiger partial charge >= 0.3 is 5.97 Å². The minimum Gasteiger partial charge on any atom is -0.465 e. The Labute approximate surface area is 200 Å². The number of methoxy groups -OCH3 is 1. The van der Waals surface area contributed by atoms with Crippen LogP contribution in [0.2, 0.25) is 0 Å². The number of rotatable bonds is 6. The van der Waals surface area contributed by atoms with Gasteiger partial charge in [0.25, 0.3) is 0 Å². The van der Waals surface area contributed by atoms with E-state index in [1.165, 1.54) is 18.9 Å². The number of carbonyl (C=O) groups excluding carboxylic acids is 1. The summed E-state index contributed by atoms with van der Waals surface area (Å²) in [6.07, 6.45) is 2.80. The summed E-state index contributed by atoms with van der Waals surface area (Å²) in [5.41, 5.74) is 6.97. The Kier molecular flexibility index (Phi) is 5.85. The number of H-pyrrole nitrogens is 1. The van der Waals surface area contributed by atoms with Crippen LogP contribution in [0.1, 0.15) is 22.8 Å². The van der Waals surface area contributed by atoms with Crippen molar-refractivity contribution in [2.75, 3.05) is 13.4 Å². The van der Waals surface area contributed by atoms with E-state index < -0.39 is 0 Å². The van der Waals surface area contributed by atoms with Crippen molar-refractivity contribution in [2.24, 2.45) is 0 Å². The lowest BCUT2D eigenvalue weighted by molar-refractivity contribution is 0.0602. The van der Waals surface area contributed by atoms with Crippen molar-refractivity contribution in [3.05, 3.63) is 71.8 Å². The van der Waals surface area contributed by atoms with Crippen LogP contribution in [0.3, 0.4) is 0 Å². The summed E-state index contributed by atoms with van der Waals surface area (Å²) in [6, 6.07) is 19.9. The first-order valence-electron chi connectivity index (χ1n) is 10.8. The number of hydrogen-bond acceptors (Lipinski definition) is 7. The average molecular weight is 471 g/mol. The average Bonchev–Trinajstić information content (AvgIpc) is 3.56. The first kappa shape index (κ1) is 21.8. The van der Waals surface area contributed by atoms with Crippen LogP contribution in [0, 0.1) is 0 Å². The SMILES string of the molecule is CCc1ccc(C(=O)OC)c2c1nc(SC)n2-c1ccc(-c2ccccc2-c2nn[nH]n2)cc1. The number of nitrogens with zero attached hydrogens (tertiary/aromatic N) is 5. The zero-order valence-electron chi connectivity index (χ0n) is 18.9. The monoisotopic (exact) mass is 470 g/mol. The molecule has 0 saturated carbocycles. The second kappa shape index (κ2) is 9.11. The lowest BCUT2D eigenvalue weighted by Crippen LogP contribution is -2.06. The Morgan fingerprint density at radius 3 is 2.47 bits per heavy atom. The predicted octanol–water partition coefficient (Wildman–Crippen LogP) is 4.94. The van der Waals surface area contributed by atoms with Crippen molar-refractivity contribution in [1.29, 1.82) is 0 Å². The molecule has 5 aromatic rings. The topological polar surface area (TPSA) is 98.6 Å². The van der Waals surface area contributed by atoms with E-state index in [0.29, 0.717) is 11.4 Å². The summed E-state index contributed by atoms with van der Waals surface area (Å²) in [6.45, 7) is 2.08. The number of fused-ring (bicyclic) bond motifs is 1. The summed E-state index contributed by atoms with van der Waals surface area (Å²) in [5, 5.41) is 15.3. The molecule has 0 spiro atoms. The number of tetrazole rings is 1. The van der Waals surface area contributed by atoms with Crippen molar-refractivity contribution in [3.8, 4) is 28.2 Å². The molecule has 2 aromatic heterocycles. The molecule has 170 valence electrons. The van der Waals surface area contributed by atoms with Crippen molar-refractivity contribution < 1.29 is 9.53 Å². The zero-order chi connectivity index (χ0) is 23.7. The van der Waals surface area contributed by atoms with Crippen molar-refractivity contribution >= 4 is 28.8 Å². The summed E-state index contributed by atoms with van der Waals surface area (Å²) >= 11 is 1.54. The molecule has 0 amide bonds. The van der Waals surface area contributed by atoms with Crippen LogP contribution >= 0.6 is 11.8 Å². The van der Waals surface area contributed by atoms with Crippen LogP contribution in [0.15, 0.2) is 65.8 Å². The van der Waals surface area contributed by atoms with Gasteiger partial charge in [-0.15, -0.1) is 10.2 Å². The molecule has 0 unspecified atom stereocenters. The predicted molar refractivity (Wildman–Crippen MR) is 132 cm³/mol. The summed E-state index contributed by atoms with van der Waals surface area (Å²) in [5.74, 6) is 0.159. The Morgan fingerprint density at radius 1 is 1.06 bits per heavy atom. The molecule has 1 N–H and O–H groups in total. The van der Waals surface area contributed by atoms with Gasteiger partial charge in [-0.3, -0.25) is 4.57 Å². The van der Waals surface area contributed by atoms with E-state index in [0.717, 1.165) is 50.6 Å². The number of aryl methyl sites for hydroxylation is 1. The number of imidazole rings is 1. The number of thioether (sulfide) groups is 1. The Morgan fingerprint density at radius 2 is 1.82 bits per heavy atom. The zero-order valence-corrected chi connectivity index (χ0v) is 19.8. The highest BCUT2D eigenvalue weighted by molar-refractivity contribution is 7.98. The second-order valence-corrected chi connectivity index (χ2v) is 8.35. The molecule has 0 saturated heterocycles. The summed E-state index contributed by atoms with van der Waals surface area (Å²) in [7, 11) is 1.40. The third-order valence-electron chi connectivity index (χ3n) is 5.78. The smallest absolute Gasteiger partial charge is 0.340 e. The Bertz CT molecular complexity index is 1480. The minimum atomic E-state index is -0.382. The molecule has 9 heteroatoms. The molecule has 0 bridgehead atoms. The first-order valence-corrected chi connectivity index (χ1v) is 12.0. The van der Waals surface area contributed by atoms with Gasteiger partial charge in [-0.1, -0.05) is 61.2 Å². The number of aromatic nitrogens is 6. The number of carbonyl (C=O) groups is 1. The van der Waals surface area contributed by atoms with Gasteiger partial charge in [0.2, 0.25) is 5.82 Å². The van der Waals surface area contributed by atoms with E-state index in [1.807, 2.05) is 71.5 Å². The molecule has 5 rings (SSSR count). The molecular weight excluding hydrogens is 448 g/mol. The molecule has 0 fully saturated rings. The van der Waals surface area contributed by atoms with Crippen LogP contribution in [0.25, 0.3) is 39.2 Å². The number of benzene rings is 3. The summed E-state index contributed by atoms with van der Waals surface area (Å²) < 4.78 is 7.10. The van der Waals surface area contributed by atoms with Crippen molar-refractivity contribution in [1.82, 2.24) is 30.2 Å². The maximum absolute atomic E-state index is 12.6. The van der Waals surface area contributed by atoms with Gasteiger partial charge in [-0.05, 0) is 52.8 Å². The highest BCUT2D eigenvalue weighted by Crippen LogP contribution is 2.34. The van der Waals surface area contributed by atoms with E-state index >= 15 is 0 Å². The Balaban J connectivity index is 1.67. The largest absolute Gasteiger partial charge is 0.465 e. The minimum absolute atomic E-state index is 0.382. The van der Waals surface area contributed by atoms with Gasteiger partial charge in [0.05, 0.1) is 23.7 Å². The lowest BCUT2D eigenvalue weighted by atomic mass is 9.99. The molecule has 0 atom stereocenters. The van der Waals surface area contributed by atoms with Crippen LogP contribution in [0.4, 0.5) is 0 Å². The van der Waals surface area contributed by atoms with Gasteiger partial charge < -0.3 is 4.74 Å². The highest BCUT2D eigenvalue weighted by Gasteiger charge is 2.22. The molecule has 3 aromatic carbocycles. The van der Waals surface area contributed by atoms with Crippen LogP contribution < -0.4 is 0 Å². The number of nitrogens with one attached hydrogen (secondary N) is 1. The fourth-order valence-electron chi connectivity index (χ4n) is 4.15. The van der Waals surface area contributed by atoms with Crippen molar-refractivity contribution in [3.63, 3.8) is 0 Å². The molecular formula is C25H22N6O2S.